The number of nitrogens with zero attached hydrogens (tertiary/aromatic N) is 3. The fraction of sp³-hybridized carbons (Fsp3) is 0.158. The molecule has 0 saturated carbocycles. The molecule has 3 rings (SSSR count). The second-order valence-corrected chi connectivity index (χ2v) is 5.76. The zero-order valence-corrected chi connectivity index (χ0v) is 14.5. The van der Waals surface area contributed by atoms with Crippen LogP contribution in [0, 0.1) is 0 Å². The van der Waals surface area contributed by atoms with Crippen LogP contribution in [0.25, 0.3) is 0 Å². The lowest BCUT2D eigenvalue weighted by molar-refractivity contribution is 0.102. The fourth-order valence-electron chi connectivity index (χ4n) is 2.39. The fourth-order valence-corrected chi connectivity index (χ4v) is 2.39. The Bertz CT molecular complexity index is 963. The number of carbonyl (C=O) groups excluding carboxylic acids is 1. The predicted octanol–water partition coefficient (Wildman–Crippen LogP) is 2.03. The Morgan fingerprint density at radius 1 is 1.08 bits per heavy atom. The molecule has 26 heavy (non-hydrogen) atoms. The summed E-state index contributed by atoms with van der Waals surface area (Å²) in [6.07, 6.45) is 5.64. The van der Waals surface area contributed by atoms with Crippen LogP contribution in [0.1, 0.15) is 21.5 Å². The Morgan fingerprint density at radius 2 is 1.81 bits per heavy atom. The van der Waals surface area contributed by atoms with Crippen molar-refractivity contribution in [3.05, 3.63) is 82.0 Å². The maximum atomic E-state index is 12.2. The molecule has 3 aromatic rings. The van der Waals surface area contributed by atoms with Crippen LogP contribution in [0.5, 0.6) is 5.88 Å². The summed E-state index contributed by atoms with van der Waals surface area (Å²) in [7, 11) is 3.17. The van der Waals surface area contributed by atoms with Crippen LogP contribution in [0.2, 0.25) is 0 Å². The van der Waals surface area contributed by atoms with Crippen molar-refractivity contribution in [3.63, 3.8) is 0 Å². The number of ether oxygens (including phenoxy) is 1. The average Bonchev–Trinajstić information content (AvgIpc) is 2.66. The van der Waals surface area contributed by atoms with E-state index in [2.05, 4.69) is 15.3 Å². The van der Waals surface area contributed by atoms with Gasteiger partial charge in [0, 0.05) is 44.2 Å². The maximum Gasteiger partial charge on any atom is 0.258 e. The molecule has 0 saturated heterocycles. The van der Waals surface area contributed by atoms with Gasteiger partial charge in [-0.1, -0.05) is 12.1 Å². The van der Waals surface area contributed by atoms with Gasteiger partial charge in [0.2, 0.25) is 11.4 Å². The summed E-state index contributed by atoms with van der Waals surface area (Å²) in [6, 6.07) is 10.2. The van der Waals surface area contributed by atoms with Gasteiger partial charge in [-0.15, -0.1) is 0 Å². The number of amides is 1. The number of hydrogen-bond acceptors (Lipinski definition) is 5. The van der Waals surface area contributed by atoms with E-state index in [-0.39, 0.29) is 11.5 Å². The number of carbonyl (C=O) groups is 1. The number of pyridine rings is 3. The van der Waals surface area contributed by atoms with Crippen molar-refractivity contribution in [2.75, 3.05) is 12.4 Å². The number of nitrogens with one attached hydrogen (secondary N) is 1. The standard InChI is InChI=1S/C19H18N4O3/c1-23-12-15(5-8-18(23)24)19(25)22-16-6-3-13(10-20-16)9-14-4-7-17(26-2)21-11-14/h3-8,10-12H,9H2,1-2H3,(H,20,22,25). The van der Waals surface area contributed by atoms with Crippen molar-refractivity contribution in [1.29, 1.82) is 0 Å². The quantitative estimate of drug-likeness (QED) is 0.761. The van der Waals surface area contributed by atoms with E-state index in [1.807, 2.05) is 18.2 Å². The molecule has 0 aromatic carbocycles. The molecule has 3 heterocycles. The Balaban J connectivity index is 1.65. The van der Waals surface area contributed by atoms with Crippen molar-refractivity contribution in [2.45, 2.75) is 6.42 Å². The van der Waals surface area contributed by atoms with Crippen LogP contribution in [0.15, 0.2) is 59.8 Å². The van der Waals surface area contributed by atoms with E-state index in [9.17, 15) is 9.59 Å². The first-order chi connectivity index (χ1) is 12.5. The third-order valence-corrected chi connectivity index (χ3v) is 3.83. The molecule has 0 spiro atoms. The van der Waals surface area contributed by atoms with E-state index in [1.54, 1.807) is 32.6 Å². The van der Waals surface area contributed by atoms with Gasteiger partial charge in [-0.2, -0.15) is 0 Å². The molecule has 132 valence electrons. The van der Waals surface area contributed by atoms with Crippen molar-refractivity contribution in [3.8, 4) is 5.88 Å². The SMILES string of the molecule is COc1ccc(Cc2ccc(NC(=O)c3ccc(=O)n(C)c3)nc2)cn1. The monoisotopic (exact) mass is 350 g/mol. The Hall–Kier alpha value is -3.48. The summed E-state index contributed by atoms with van der Waals surface area (Å²) in [5.74, 6) is 0.698. The first kappa shape index (κ1) is 17.3. The number of hydrogen-bond donors (Lipinski definition) is 1. The summed E-state index contributed by atoms with van der Waals surface area (Å²) >= 11 is 0. The smallest absolute Gasteiger partial charge is 0.258 e. The molecular formula is C19H18N4O3. The van der Waals surface area contributed by atoms with Crippen LogP contribution >= 0.6 is 0 Å². The minimum absolute atomic E-state index is 0.169. The van der Waals surface area contributed by atoms with Crippen LogP contribution < -0.4 is 15.6 Å². The molecule has 1 amide bonds. The molecule has 0 unspecified atom stereocenters. The number of anilines is 1. The second-order valence-electron chi connectivity index (χ2n) is 5.76. The Morgan fingerprint density at radius 3 is 2.38 bits per heavy atom. The molecule has 0 aliphatic rings. The second kappa shape index (κ2) is 7.60. The molecule has 7 nitrogen and oxygen atoms in total. The summed E-state index contributed by atoms with van der Waals surface area (Å²) in [6.45, 7) is 0. The van der Waals surface area contributed by atoms with Crippen LogP contribution in [0.3, 0.4) is 0 Å². The first-order valence-electron chi connectivity index (χ1n) is 7.97. The van der Waals surface area contributed by atoms with Crippen molar-refractivity contribution >= 4 is 11.7 Å². The highest BCUT2D eigenvalue weighted by Gasteiger charge is 2.08. The van der Waals surface area contributed by atoms with Gasteiger partial charge in [-0.3, -0.25) is 9.59 Å². The Labute approximate surface area is 150 Å². The van der Waals surface area contributed by atoms with Crippen molar-refractivity contribution in [1.82, 2.24) is 14.5 Å². The molecule has 0 radical (unpaired) electrons. The van der Waals surface area contributed by atoms with E-state index < -0.39 is 0 Å². The van der Waals surface area contributed by atoms with E-state index in [4.69, 9.17) is 4.74 Å². The molecule has 0 aliphatic carbocycles. The van der Waals surface area contributed by atoms with Gasteiger partial charge >= 0.3 is 0 Å². The van der Waals surface area contributed by atoms with E-state index >= 15 is 0 Å². The third-order valence-electron chi connectivity index (χ3n) is 3.83. The Kier molecular flexibility index (Phi) is 5.07. The third kappa shape index (κ3) is 4.13. The summed E-state index contributed by atoms with van der Waals surface area (Å²) in [4.78, 5) is 32.1. The van der Waals surface area contributed by atoms with Crippen molar-refractivity contribution in [2.24, 2.45) is 7.05 Å². The molecule has 0 atom stereocenters. The normalized spacial score (nSPS) is 10.4. The predicted molar refractivity (Wildman–Crippen MR) is 97.5 cm³/mol. The van der Waals surface area contributed by atoms with E-state index in [1.165, 1.54) is 22.9 Å². The molecule has 1 N–H and O–H groups in total. The number of aryl methyl sites for hydroxylation is 1. The molecular weight excluding hydrogens is 332 g/mol. The number of methoxy groups -OCH3 is 1. The van der Waals surface area contributed by atoms with Gasteiger partial charge in [-0.25, -0.2) is 9.97 Å². The summed E-state index contributed by atoms with van der Waals surface area (Å²) in [5, 5.41) is 2.72. The van der Waals surface area contributed by atoms with Gasteiger partial charge in [0.1, 0.15) is 5.82 Å². The van der Waals surface area contributed by atoms with Crippen molar-refractivity contribution < 1.29 is 9.53 Å². The lowest BCUT2D eigenvalue weighted by Crippen LogP contribution is -2.19. The molecule has 7 heteroatoms. The van der Waals surface area contributed by atoms with E-state index in [0.29, 0.717) is 23.7 Å². The van der Waals surface area contributed by atoms with Gasteiger partial charge in [0.25, 0.3) is 5.91 Å². The zero-order valence-electron chi connectivity index (χ0n) is 14.5. The number of rotatable bonds is 5. The molecule has 0 aliphatic heterocycles. The first-order valence-corrected chi connectivity index (χ1v) is 7.97. The highest BCUT2D eigenvalue weighted by atomic mass is 16.5. The minimum Gasteiger partial charge on any atom is -0.481 e. The van der Waals surface area contributed by atoms with Crippen LogP contribution in [-0.4, -0.2) is 27.6 Å². The summed E-state index contributed by atoms with van der Waals surface area (Å²) < 4.78 is 6.40. The van der Waals surface area contributed by atoms with Crippen LogP contribution in [-0.2, 0) is 13.5 Å². The molecule has 0 fully saturated rings. The largest absolute Gasteiger partial charge is 0.481 e. The molecule has 3 aromatic heterocycles. The van der Waals surface area contributed by atoms with Crippen LogP contribution in [0.4, 0.5) is 5.82 Å². The van der Waals surface area contributed by atoms with E-state index in [0.717, 1.165) is 11.1 Å². The lowest BCUT2D eigenvalue weighted by Gasteiger charge is -2.07. The average molecular weight is 350 g/mol. The maximum absolute atomic E-state index is 12.2. The van der Waals surface area contributed by atoms with Gasteiger partial charge < -0.3 is 14.6 Å². The van der Waals surface area contributed by atoms with Gasteiger partial charge in [0.15, 0.2) is 0 Å². The van der Waals surface area contributed by atoms with Gasteiger partial charge in [-0.05, 0) is 23.3 Å². The minimum atomic E-state index is -0.319. The van der Waals surface area contributed by atoms with Gasteiger partial charge in [0.05, 0.1) is 12.7 Å². The topological polar surface area (TPSA) is 86.1 Å². The highest BCUT2D eigenvalue weighted by Crippen LogP contribution is 2.13. The number of aromatic nitrogens is 3. The summed E-state index contributed by atoms with van der Waals surface area (Å²) in [5.41, 5.74) is 2.26. The molecule has 0 bridgehead atoms. The lowest BCUT2D eigenvalue weighted by atomic mass is 10.1. The zero-order chi connectivity index (χ0) is 18.5. The highest BCUT2D eigenvalue weighted by molar-refractivity contribution is 6.03.